The smallest absolute Gasteiger partial charge is 0.410 e. The number of nitrogen functional groups attached to an aromatic ring is 1. The first-order valence-corrected chi connectivity index (χ1v) is 9.10. The number of aromatic nitrogens is 3. The number of carbonyl (C=O) groups excluding carboxylic acids is 1. The third kappa shape index (κ3) is 3.42. The SMILES string of the molecule is CC(C)(C)OC(=O)N1CCC(n2nc(I)c3c(N)nccc32)CC1. The quantitative estimate of drug-likeness (QED) is 0.685. The van der Waals surface area contributed by atoms with E-state index in [2.05, 4.69) is 32.7 Å². The molecule has 0 atom stereocenters. The molecular formula is C16H22IN5O2. The molecule has 130 valence electrons. The van der Waals surface area contributed by atoms with Gasteiger partial charge >= 0.3 is 6.09 Å². The van der Waals surface area contributed by atoms with Crippen LogP contribution in [0.2, 0.25) is 0 Å². The second kappa shape index (κ2) is 6.38. The van der Waals surface area contributed by atoms with Gasteiger partial charge < -0.3 is 15.4 Å². The molecule has 0 saturated carbocycles. The lowest BCUT2D eigenvalue weighted by atomic mass is 10.1. The van der Waals surface area contributed by atoms with Crippen molar-refractivity contribution >= 4 is 45.4 Å². The fourth-order valence-corrected chi connectivity index (χ4v) is 3.75. The fourth-order valence-electron chi connectivity index (χ4n) is 2.97. The van der Waals surface area contributed by atoms with Crippen molar-refractivity contribution in [2.24, 2.45) is 0 Å². The molecule has 1 saturated heterocycles. The molecule has 0 aromatic carbocycles. The number of rotatable bonds is 1. The Morgan fingerprint density at radius 2 is 2.04 bits per heavy atom. The van der Waals surface area contributed by atoms with Crippen LogP contribution in [0.25, 0.3) is 10.9 Å². The van der Waals surface area contributed by atoms with Crippen molar-refractivity contribution in [3.8, 4) is 0 Å². The van der Waals surface area contributed by atoms with E-state index < -0.39 is 5.60 Å². The van der Waals surface area contributed by atoms with E-state index in [0.29, 0.717) is 18.9 Å². The van der Waals surface area contributed by atoms with Crippen molar-refractivity contribution in [1.29, 1.82) is 0 Å². The highest BCUT2D eigenvalue weighted by molar-refractivity contribution is 14.1. The van der Waals surface area contributed by atoms with Gasteiger partial charge in [0.15, 0.2) is 0 Å². The van der Waals surface area contributed by atoms with Crippen molar-refractivity contribution in [2.75, 3.05) is 18.8 Å². The van der Waals surface area contributed by atoms with Gasteiger partial charge in [-0.15, -0.1) is 0 Å². The van der Waals surface area contributed by atoms with Crippen LogP contribution < -0.4 is 5.73 Å². The molecule has 2 aromatic heterocycles. The molecule has 0 aliphatic carbocycles. The summed E-state index contributed by atoms with van der Waals surface area (Å²) in [5.41, 5.74) is 6.52. The Hall–Kier alpha value is -1.58. The Morgan fingerprint density at radius 3 is 2.67 bits per heavy atom. The van der Waals surface area contributed by atoms with E-state index in [1.54, 1.807) is 11.1 Å². The summed E-state index contributed by atoms with van der Waals surface area (Å²) in [5, 5.41) is 5.56. The summed E-state index contributed by atoms with van der Waals surface area (Å²) in [6.07, 6.45) is 3.15. The molecule has 2 N–H and O–H groups in total. The number of fused-ring (bicyclic) bond motifs is 1. The highest BCUT2D eigenvalue weighted by atomic mass is 127. The van der Waals surface area contributed by atoms with Gasteiger partial charge in [0.1, 0.15) is 15.1 Å². The largest absolute Gasteiger partial charge is 0.444 e. The van der Waals surface area contributed by atoms with Gasteiger partial charge in [-0.05, 0) is 62.3 Å². The van der Waals surface area contributed by atoms with Crippen LogP contribution in [0.5, 0.6) is 0 Å². The lowest BCUT2D eigenvalue weighted by Crippen LogP contribution is -2.42. The number of ether oxygens (including phenoxy) is 1. The van der Waals surface area contributed by atoms with Crippen LogP contribution in [0, 0.1) is 3.70 Å². The lowest BCUT2D eigenvalue weighted by molar-refractivity contribution is 0.0186. The number of nitrogens with zero attached hydrogens (tertiary/aromatic N) is 4. The average molecular weight is 443 g/mol. The molecule has 1 aliphatic heterocycles. The molecule has 0 spiro atoms. The fraction of sp³-hybridized carbons (Fsp3) is 0.562. The maximum absolute atomic E-state index is 12.2. The summed E-state index contributed by atoms with van der Waals surface area (Å²) in [4.78, 5) is 18.1. The van der Waals surface area contributed by atoms with Gasteiger partial charge in [0.05, 0.1) is 16.9 Å². The summed E-state index contributed by atoms with van der Waals surface area (Å²) in [6, 6.07) is 2.19. The van der Waals surface area contributed by atoms with Gasteiger partial charge in [-0.3, -0.25) is 4.68 Å². The van der Waals surface area contributed by atoms with E-state index >= 15 is 0 Å². The topological polar surface area (TPSA) is 86.3 Å². The molecule has 0 radical (unpaired) electrons. The number of pyridine rings is 1. The highest BCUT2D eigenvalue weighted by Crippen LogP contribution is 2.31. The van der Waals surface area contributed by atoms with Crippen LogP contribution in [-0.2, 0) is 4.74 Å². The first-order chi connectivity index (χ1) is 11.3. The molecule has 1 amide bonds. The number of nitrogens with two attached hydrogens (primary N) is 1. The van der Waals surface area contributed by atoms with E-state index in [1.165, 1.54) is 0 Å². The maximum Gasteiger partial charge on any atom is 0.410 e. The standard InChI is InChI=1S/C16H22IN5O2/c1-16(2,3)24-15(23)21-8-5-10(6-9-21)22-11-4-7-19-14(18)12(11)13(17)20-22/h4,7,10H,5-6,8-9H2,1-3H3,(H2,18,19). The Morgan fingerprint density at radius 1 is 1.38 bits per heavy atom. The maximum atomic E-state index is 12.2. The number of halogens is 1. The molecule has 0 bridgehead atoms. The zero-order valence-electron chi connectivity index (χ0n) is 14.1. The minimum Gasteiger partial charge on any atom is -0.444 e. The van der Waals surface area contributed by atoms with Gasteiger partial charge in [-0.1, -0.05) is 0 Å². The van der Waals surface area contributed by atoms with Crippen LogP contribution >= 0.6 is 22.6 Å². The molecule has 3 heterocycles. The summed E-state index contributed by atoms with van der Waals surface area (Å²) in [5.74, 6) is 0.509. The van der Waals surface area contributed by atoms with E-state index in [0.717, 1.165) is 27.4 Å². The highest BCUT2D eigenvalue weighted by Gasteiger charge is 2.29. The third-order valence-electron chi connectivity index (χ3n) is 4.07. The molecule has 8 heteroatoms. The summed E-state index contributed by atoms with van der Waals surface area (Å²) < 4.78 is 8.34. The second-order valence-corrected chi connectivity index (χ2v) is 8.05. The van der Waals surface area contributed by atoms with Gasteiger partial charge in [-0.2, -0.15) is 5.10 Å². The van der Waals surface area contributed by atoms with Gasteiger partial charge in [-0.25, -0.2) is 9.78 Å². The van der Waals surface area contributed by atoms with Crippen LogP contribution in [0.4, 0.5) is 10.6 Å². The average Bonchev–Trinajstić information content (AvgIpc) is 2.84. The molecule has 1 fully saturated rings. The van der Waals surface area contributed by atoms with Crippen LogP contribution in [0.3, 0.4) is 0 Å². The minimum absolute atomic E-state index is 0.241. The number of likely N-dealkylation sites (tertiary alicyclic amines) is 1. The summed E-state index contributed by atoms with van der Waals surface area (Å²) in [7, 11) is 0. The Labute approximate surface area is 154 Å². The van der Waals surface area contributed by atoms with Crippen molar-refractivity contribution in [3.63, 3.8) is 0 Å². The molecule has 24 heavy (non-hydrogen) atoms. The van der Waals surface area contributed by atoms with Crippen LogP contribution in [0.15, 0.2) is 12.3 Å². The number of piperidine rings is 1. The monoisotopic (exact) mass is 443 g/mol. The second-order valence-electron chi connectivity index (χ2n) is 7.02. The predicted octanol–water partition coefficient (Wildman–Crippen LogP) is 3.19. The molecule has 7 nitrogen and oxygen atoms in total. The van der Waals surface area contributed by atoms with Crippen LogP contribution in [0.1, 0.15) is 39.7 Å². The third-order valence-corrected chi connectivity index (χ3v) is 4.82. The number of carbonyl (C=O) groups is 1. The number of hydrogen-bond donors (Lipinski definition) is 1. The first-order valence-electron chi connectivity index (χ1n) is 8.02. The Balaban J connectivity index is 1.74. The van der Waals surface area contributed by atoms with Crippen molar-refractivity contribution < 1.29 is 9.53 Å². The normalized spacial score (nSPS) is 16.6. The van der Waals surface area contributed by atoms with Crippen LogP contribution in [-0.4, -0.2) is 44.4 Å². The zero-order valence-corrected chi connectivity index (χ0v) is 16.3. The molecule has 2 aromatic rings. The Bertz CT molecular complexity index is 760. The number of amides is 1. The van der Waals surface area contributed by atoms with Crippen molar-refractivity contribution in [1.82, 2.24) is 19.7 Å². The molecular weight excluding hydrogens is 421 g/mol. The van der Waals surface area contributed by atoms with Gasteiger partial charge in [0.2, 0.25) is 0 Å². The molecule has 1 aliphatic rings. The van der Waals surface area contributed by atoms with Crippen molar-refractivity contribution in [2.45, 2.75) is 45.3 Å². The van der Waals surface area contributed by atoms with Gasteiger partial charge in [0, 0.05) is 19.3 Å². The molecule has 0 unspecified atom stereocenters. The minimum atomic E-state index is -0.466. The number of anilines is 1. The number of hydrogen-bond acceptors (Lipinski definition) is 5. The summed E-state index contributed by atoms with van der Waals surface area (Å²) >= 11 is 2.19. The van der Waals surface area contributed by atoms with E-state index in [9.17, 15) is 4.79 Å². The zero-order chi connectivity index (χ0) is 17.5. The van der Waals surface area contributed by atoms with E-state index in [-0.39, 0.29) is 12.1 Å². The van der Waals surface area contributed by atoms with Gasteiger partial charge in [0.25, 0.3) is 0 Å². The first kappa shape index (κ1) is 17.2. The van der Waals surface area contributed by atoms with E-state index in [4.69, 9.17) is 10.5 Å². The predicted molar refractivity (Wildman–Crippen MR) is 101 cm³/mol. The summed E-state index contributed by atoms with van der Waals surface area (Å²) in [6.45, 7) is 6.98. The van der Waals surface area contributed by atoms with Crippen molar-refractivity contribution in [3.05, 3.63) is 16.0 Å². The van der Waals surface area contributed by atoms with E-state index in [1.807, 2.05) is 31.5 Å². The Kier molecular flexibility index (Phi) is 4.58. The molecule has 3 rings (SSSR count). The lowest BCUT2D eigenvalue weighted by Gasteiger charge is -2.33.